The van der Waals surface area contributed by atoms with Gasteiger partial charge in [0.15, 0.2) is 6.10 Å². The molecule has 0 unspecified atom stereocenters. The van der Waals surface area contributed by atoms with Gasteiger partial charge in [-0.15, -0.1) is 0 Å². The highest BCUT2D eigenvalue weighted by Crippen LogP contribution is 2.33. The maximum Gasteiger partial charge on any atom is 0.267 e. The number of nitrogens with one attached hydrogen (secondary N) is 2. The van der Waals surface area contributed by atoms with Gasteiger partial charge in [-0.2, -0.15) is 0 Å². The summed E-state index contributed by atoms with van der Waals surface area (Å²) in [6.07, 6.45) is 0.291. The average molecular weight is 395 g/mol. The minimum absolute atomic E-state index is 0.0889. The molecule has 1 heterocycles. The zero-order valence-electron chi connectivity index (χ0n) is 16.6. The lowest BCUT2D eigenvalue weighted by molar-refractivity contribution is -0.126. The number of rotatable bonds is 7. The fourth-order valence-corrected chi connectivity index (χ4v) is 3.22. The van der Waals surface area contributed by atoms with Crippen molar-refractivity contribution in [3.8, 4) is 5.75 Å². The molecule has 2 aromatic carbocycles. The second-order valence-electron chi connectivity index (χ2n) is 6.80. The van der Waals surface area contributed by atoms with Crippen molar-refractivity contribution in [1.29, 1.82) is 0 Å². The molecule has 1 atom stereocenters. The molecule has 1 aliphatic rings. The van der Waals surface area contributed by atoms with Crippen LogP contribution >= 0.6 is 0 Å². The molecule has 0 spiro atoms. The van der Waals surface area contributed by atoms with Crippen LogP contribution in [0.4, 0.5) is 11.4 Å². The lowest BCUT2D eigenvalue weighted by Crippen LogP contribution is -2.46. The molecule has 0 radical (unpaired) electrons. The number of anilines is 2. The quantitative estimate of drug-likeness (QED) is 0.754. The van der Waals surface area contributed by atoms with Gasteiger partial charge in [-0.05, 0) is 37.1 Å². The highest BCUT2D eigenvalue weighted by atomic mass is 16.5. The summed E-state index contributed by atoms with van der Waals surface area (Å²) >= 11 is 0. The van der Waals surface area contributed by atoms with Crippen LogP contribution in [0.3, 0.4) is 0 Å². The van der Waals surface area contributed by atoms with Crippen molar-refractivity contribution in [3.05, 3.63) is 54.1 Å². The van der Waals surface area contributed by atoms with Crippen molar-refractivity contribution in [2.75, 3.05) is 23.3 Å². The summed E-state index contributed by atoms with van der Waals surface area (Å²) in [4.78, 5) is 38.3. The van der Waals surface area contributed by atoms with E-state index in [-0.39, 0.29) is 37.2 Å². The van der Waals surface area contributed by atoms with Gasteiger partial charge in [0.2, 0.25) is 11.8 Å². The number of hydrogen-bond acceptors (Lipinski definition) is 4. The number of benzene rings is 2. The SMILES string of the molecule is CCc1ccccc1NC(=O)CNC(=O)CCN1C(=O)[C@@H](C)Oc2ccccc21. The number of carbonyl (C=O) groups excluding carboxylic acids is 3. The van der Waals surface area contributed by atoms with Crippen LogP contribution in [-0.2, 0) is 20.8 Å². The average Bonchev–Trinajstić information content (AvgIpc) is 2.73. The molecule has 0 fully saturated rings. The van der Waals surface area contributed by atoms with Crippen LogP contribution in [-0.4, -0.2) is 36.9 Å². The fraction of sp³-hybridized carbons (Fsp3) is 0.318. The Hall–Kier alpha value is -3.35. The molecule has 3 amide bonds. The Morgan fingerprint density at radius 1 is 1.07 bits per heavy atom. The zero-order valence-corrected chi connectivity index (χ0v) is 16.6. The second kappa shape index (κ2) is 9.23. The smallest absolute Gasteiger partial charge is 0.267 e. The van der Waals surface area contributed by atoms with Crippen LogP contribution in [0.25, 0.3) is 0 Å². The van der Waals surface area contributed by atoms with Gasteiger partial charge in [-0.25, -0.2) is 0 Å². The molecule has 0 saturated carbocycles. The molecular formula is C22H25N3O4. The number of carbonyl (C=O) groups is 3. The van der Waals surface area contributed by atoms with Crippen molar-refractivity contribution in [1.82, 2.24) is 5.32 Å². The van der Waals surface area contributed by atoms with Gasteiger partial charge in [0.1, 0.15) is 5.75 Å². The maximum atomic E-state index is 12.4. The van der Waals surface area contributed by atoms with Crippen molar-refractivity contribution in [3.63, 3.8) is 0 Å². The Morgan fingerprint density at radius 2 is 1.79 bits per heavy atom. The standard InChI is InChI=1S/C22H25N3O4/c1-3-16-8-4-5-9-17(16)24-21(27)14-23-20(26)12-13-25-18-10-6-7-11-19(18)29-15(2)22(25)28/h4-11,15H,3,12-14H2,1-2H3,(H,23,26)(H,24,27)/t15-/m1/s1. The third-order valence-corrected chi connectivity index (χ3v) is 4.75. The van der Waals surface area contributed by atoms with Crippen LogP contribution in [0.1, 0.15) is 25.8 Å². The van der Waals surface area contributed by atoms with Gasteiger partial charge < -0.3 is 20.3 Å². The van der Waals surface area contributed by atoms with E-state index >= 15 is 0 Å². The third kappa shape index (κ3) is 4.93. The van der Waals surface area contributed by atoms with Gasteiger partial charge in [0.05, 0.1) is 12.2 Å². The Bertz CT molecular complexity index is 912. The van der Waals surface area contributed by atoms with E-state index in [4.69, 9.17) is 4.74 Å². The normalized spacial score (nSPS) is 15.3. The molecule has 29 heavy (non-hydrogen) atoms. The predicted molar refractivity (Wildman–Crippen MR) is 111 cm³/mol. The number of nitrogens with zero attached hydrogens (tertiary/aromatic N) is 1. The number of amides is 3. The molecule has 7 heteroatoms. The van der Waals surface area contributed by atoms with E-state index in [1.54, 1.807) is 24.0 Å². The van der Waals surface area contributed by atoms with Crippen LogP contribution < -0.4 is 20.3 Å². The van der Waals surface area contributed by atoms with Crippen molar-refractivity contribution < 1.29 is 19.1 Å². The fourth-order valence-electron chi connectivity index (χ4n) is 3.22. The van der Waals surface area contributed by atoms with Crippen LogP contribution in [0.5, 0.6) is 5.75 Å². The molecule has 152 valence electrons. The van der Waals surface area contributed by atoms with E-state index in [0.717, 1.165) is 17.7 Å². The van der Waals surface area contributed by atoms with Crippen molar-refractivity contribution in [2.45, 2.75) is 32.8 Å². The van der Waals surface area contributed by atoms with E-state index < -0.39 is 6.10 Å². The molecule has 7 nitrogen and oxygen atoms in total. The number of aryl methyl sites for hydroxylation is 1. The Labute approximate surface area is 170 Å². The van der Waals surface area contributed by atoms with Crippen LogP contribution in [0.2, 0.25) is 0 Å². The van der Waals surface area contributed by atoms with Crippen LogP contribution in [0.15, 0.2) is 48.5 Å². The van der Waals surface area contributed by atoms with Gasteiger partial charge in [0, 0.05) is 18.7 Å². The zero-order chi connectivity index (χ0) is 20.8. The van der Waals surface area contributed by atoms with E-state index in [1.165, 1.54) is 0 Å². The topological polar surface area (TPSA) is 87.7 Å². The number of ether oxygens (including phenoxy) is 1. The first-order valence-corrected chi connectivity index (χ1v) is 9.71. The lowest BCUT2D eigenvalue weighted by atomic mass is 10.1. The Kier molecular flexibility index (Phi) is 6.49. The lowest BCUT2D eigenvalue weighted by Gasteiger charge is -2.32. The summed E-state index contributed by atoms with van der Waals surface area (Å²) in [5.74, 6) is -0.159. The second-order valence-corrected chi connectivity index (χ2v) is 6.80. The minimum Gasteiger partial charge on any atom is -0.479 e. The molecule has 0 bridgehead atoms. The van der Waals surface area contributed by atoms with Gasteiger partial charge in [0.25, 0.3) is 5.91 Å². The summed E-state index contributed by atoms with van der Waals surface area (Å²) in [6, 6.07) is 14.8. The molecule has 2 aromatic rings. The molecule has 0 aromatic heterocycles. The summed E-state index contributed by atoms with van der Waals surface area (Å²) < 4.78 is 5.59. The van der Waals surface area contributed by atoms with Crippen molar-refractivity contribution in [2.24, 2.45) is 0 Å². The predicted octanol–water partition coefficient (Wildman–Crippen LogP) is 2.51. The molecule has 3 rings (SSSR count). The van der Waals surface area contributed by atoms with E-state index in [2.05, 4.69) is 10.6 Å². The minimum atomic E-state index is -0.600. The molecule has 0 aliphatic carbocycles. The monoisotopic (exact) mass is 395 g/mol. The highest BCUT2D eigenvalue weighted by Gasteiger charge is 2.31. The van der Waals surface area contributed by atoms with Gasteiger partial charge >= 0.3 is 0 Å². The largest absolute Gasteiger partial charge is 0.479 e. The van der Waals surface area contributed by atoms with Crippen molar-refractivity contribution >= 4 is 29.1 Å². The first-order valence-electron chi connectivity index (χ1n) is 9.71. The Morgan fingerprint density at radius 3 is 2.59 bits per heavy atom. The molecular weight excluding hydrogens is 370 g/mol. The number of fused-ring (bicyclic) bond motifs is 1. The van der Waals surface area contributed by atoms with Gasteiger partial charge in [-0.1, -0.05) is 37.3 Å². The summed E-state index contributed by atoms with van der Waals surface area (Å²) in [5.41, 5.74) is 2.43. The number of para-hydroxylation sites is 3. The van der Waals surface area contributed by atoms with E-state index in [9.17, 15) is 14.4 Å². The van der Waals surface area contributed by atoms with E-state index in [0.29, 0.717) is 11.4 Å². The van der Waals surface area contributed by atoms with E-state index in [1.807, 2.05) is 43.3 Å². The molecule has 0 saturated heterocycles. The first-order chi connectivity index (χ1) is 14.0. The Balaban J connectivity index is 1.51. The molecule has 2 N–H and O–H groups in total. The van der Waals surface area contributed by atoms with Gasteiger partial charge in [-0.3, -0.25) is 14.4 Å². The maximum absolute atomic E-state index is 12.4. The third-order valence-electron chi connectivity index (χ3n) is 4.75. The van der Waals surface area contributed by atoms with Crippen LogP contribution in [0, 0.1) is 0 Å². The molecule has 1 aliphatic heterocycles. The summed E-state index contributed by atoms with van der Waals surface area (Å²) in [6.45, 7) is 3.79. The summed E-state index contributed by atoms with van der Waals surface area (Å²) in [5, 5.41) is 5.42. The first kappa shape index (κ1) is 20.4. The summed E-state index contributed by atoms with van der Waals surface area (Å²) in [7, 11) is 0. The highest BCUT2D eigenvalue weighted by molar-refractivity contribution is 6.00. The number of hydrogen-bond donors (Lipinski definition) is 2.